The standard InChI is InChI=1S/C25H23F6N5O3/c26-14-10-18(21(37)34-20-4-2-16-17(33-20)11-32-35-16)36(12-14)22(38)24(5-7-25(30,31)8-6-24)13-1-3-19(15(27)9-13)39-23(28)29/h1-4,9,11,14,18,23H,5-8,10,12H2,(H,32,35)(H,33,34,37)/t14-,18-/m1/s1. The lowest BCUT2D eigenvalue weighted by molar-refractivity contribution is -0.146. The highest BCUT2D eigenvalue weighted by molar-refractivity contribution is 5.99. The van der Waals surface area contributed by atoms with E-state index in [0.717, 1.165) is 23.1 Å². The normalized spacial score (nSPS) is 22.3. The van der Waals surface area contributed by atoms with E-state index < -0.39 is 85.8 Å². The van der Waals surface area contributed by atoms with Gasteiger partial charge in [0.25, 0.3) is 0 Å². The quantitative estimate of drug-likeness (QED) is 0.429. The van der Waals surface area contributed by atoms with Crippen LogP contribution in [0.4, 0.5) is 32.2 Å². The second-order valence-electron chi connectivity index (χ2n) is 9.76. The Morgan fingerprint density at radius 2 is 1.87 bits per heavy atom. The summed E-state index contributed by atoms with van der Waals surface area (Å²) in [5.41, 5.74) is -0.708. The fraction of sp³-hybridized carbons (Fsp3) is 0.440. The average Bonchev–Trinajstić information content (AvgIpc) is 3.51. The van der Waals surface area contributed by atoms with Gasteiger partial charge in [0.05, 0.1) is 23.7 Å². The Kier molecular flexibility index (Phi) is 6.89. The molecule has 1 aromatic carbocycles. The van der Waals surface area contributed by atoms with Crippen LogP contribution in [0.5, 0.6) is 5.75 Å². The predicted octanol–water partition coefficient (Wildman–Crippen LogP) is 4.72. The molecule has 1 aliphatic heterocycles. The Bertz CT molecular complexity index is 1390. The van der Waals surface area contributed by atoms with Crippen molar-refractivity contribution in [2.24, 2.45) is 0 Å². The van der Waals surface area contributed by atoms with Crippen LogP contribution in [-0.4, -0.2) is 63.2 Å². The van der Waals surface area contributed by atoms with Gasteiger partial charge in [-0.3, -0.25) is 14.7 Å². The number of benzene rings is 1. The van der Waals surface area contributed by atoms with E-state index in [1.165, 1.54) is 12.3 Å². The van der Waals surface area contributed by atoms with Gasteiger partial charge in [-0.1, -0.05) is 6.07 Å². The van der Waals surface area contributed by atoms with Crippen molar-refractivity contribution >= 4 is 28.7 Å². The summed E-state index contributed by atoms with van der Waals surface area (Å²) in [5, 5.41) is 9.10. The van der Waals surface area contributed by atoms with Crippen LogP contribution in [0, 0.1) is 5.82 Å². The number of hydrogen-bond donors (Lipinski definition) is 2. The molecule has 2 atom stereocenters. The summed E-state index contributed by atoms with van der Waals surface area (Å²) < 4.78 is 86.9. The van der Waals surface area contributed by atoms with Gasteiger partial charge < -0.3 is 15.0 Å². The maximum Gasteiger partial charge on any atom is 0.387 e. The Balaban J connectivity index is 1.45. The molecular formula is C25H23F6N5O3. The molecule has 2 N–H and O–H groups in total. The van der Waals surface area contributed by atoms with E-state index in [1.54, 1.807) is 6.07 Å². The van der Waals surface area contributed by atoms with E-state index in [-0.39, 0.29) is 17.8 Å². The molecule has 5 rings (SSSR count). The first kappa shape index (κ1) is 26.8. The minimum Gasteiger partial charge on any atom is -0.432 e. The number of pyridine rings is 1. The number of H-pyrrole nitrogens is 1. The lowest BCUT2D eigenvalue weighted by Gasteiger charge is -2.42. The van der Waals surface area contributed by atoms with E-state index in [0.29, 0.717) is 11.0 Å². The summed E-state index contributed by atoms with van der Waals surface area (Å²) in [4.78, 5) is 32.4. The van der Waals surface area contributed by atoms with Gasteiger partial charge in [0.2, 0.25) is 17.7 Å². The van der Waals surface area contributed by atoms with Crippen molar-refractivity contribution in [3.05, 3.63) is 47.9 Å². The molecule has 8 nitrogen and oxygen atoms in total. The predicted molar refractivity (Wildman–Crippen MR) is 126 cm³/mol. The van der Waals surface area contributed by atoms with Crippen LogP contribution >= 0.6 is 0 Å². The molecule has 0 radical (unpaired) electrons. The molecule has 0 spiro atoms. The number of nitrogens with one attached hydrogen (secondary N) is 2. The van der Waals surface area contributed by atoms with Gasteiger partial charge in [0.15, 0.2) is 11.6 Å². The van der Waals surface area contributed by atoms with Crippen LogP contribution in [0.25, 0.3) is 11.0 Å². The van der Waals surface area contributed by atoms with Crippen LogP contribution in [0.2, 0.25) is 0 Å². The van der Waals surface area contributed by atoms with Crippen molar-refractivity contribution in [3.8, 4) is 5.75 Å². The first-order valence-electron chi connectivity index (χ1n) is 12.2. The number of anilines is 1. The van der Waals surface area contributed by atoms with Gasteiger partial charge in [-0.15, -0.1) is 0 Å². The van der Waals surface area contributed by atoms with Crippen molar-refractivity contribution in [1.29, 1.82) is 0 Å². The number of hydrogen-bond acceptors (Lipinski definition) is 5. The largest absolute Gasteiger partial charge is 0.432 e. The fourth-order valence-electron chi connectivity index (χ4n) is 5.30. The van der Waals surface area contributed by atoms with Crippen LogP contribution in [0.1, 0.15) is 37.7 Å². The molecule has 208 valence electrons. The number of rotatable bonds is 6. The number of carbonyl (C=O) groups excluding carboxylic acids is 2. The van der Waals surface area contributed by atoms with E-state index in [4.69, 9.17) is 0 Å². The van der Waals surface area contributed by atoms with Crippen molar-refractivity contribution in [2.75, 3.05) is 11.9 Å². The van der Waals surface area contributed by atoms with Gasteiger partial charge in [-0.25, -0.2) is 22.5 Å². The number of ether oxygens (including phenoxy) is 1. The maximum atomic E-state index is 14.7. The number of nitrogens with zero attached hydrogens (tertiary/aromatic N) is 3. The molecule has 2 fully saturated rings. The zero-order valence-electron chi connectivity index (χ0n) is 20.3. The number of carbonyl (C=O) groups is 2. The summed E-state index contributed by atoms with van der Waals surface area (Å²) in [7, 11) is 0. The Morgan fingerprint density at radius 1 is 1.13 bits per heavy atom. The summed E-state index contributed by atoms with van der Waals surface area (Å²) in [6, 6.07) is 4.66. The second kappa shape index (κ2) is 10.0. The molecule has 1 aliphatic carbocycles. The van der Waals surface area contributed by atoms with Gasteiger partial charge in [0.1, 0.15) is 23.5 Å². The van der Waals surface area contributed by atoms with E-state index in [9.17, 15) is 35.9 Å². The van der Waals surface area contributed by atoms with Crippen LogP contribution < -0.4 is 10.1 Å². The Morgan fingerprint density at radius 3 is 2.56 bits per heavy atom. The SMILES string of the molecule is O=C(Nc1ccc2[nH]ncc2n1)[C@H]1C[C@@H](F)CN1C(=O)C1(c2ccc(OC(F)F)c(F)c2)CCC(F)(F)CC1. The number of likely N-dealkylation sites (tertiary alicyclic amines) is 1. The van der Waals surface area contributed by atoms with Crippen LogP contribution in [0.3, 0.4) is 0 Å². The number of alkyl halides is 5. The fourth-order valence-corrected chi connectivity index (χ4v) is 5.30. The third-order valence-corrected chi connectivity index (χ3v) is 7.31. The zero-order valence-corrected chi connectivity index (χ0v) is 20.3. The highest BCUT2D eigenvalue weighted by Gasteiger charge is 2.53. The summed E-state index contributed by atoms with van der Waals surface area (Å²) in [5.74, 6) is -6.49. The minimum atomic E-state index is -3.30. The van der Waals surface area contributed by atoms with E-state index in [2.05, 4.69) is 25.2 Å². The lowest BCUT2D eigenvalue weighted by atomic mass is 9.67. The van der Waals surface area contributed by atoms with Gasteiger partial charge in [0, 0.05) is 19.3 Å². The molecule has 14 heteroatoms. The van der Waals surface area contributed by atoms with Gasteiger partial charge in [-0.2, -0.15) is 13.9 Å². The third-order valence-electron chi connectivity index (χ3n) is 7.31. The number of aromatic nitrogens is 3. The molecule has 3 aromatic rings. The molecule has 0 unspecified atom stereocenters. The molecule has 39 heavy (non-hydrogen) atoms. The highest BCUT2D eigenvalue weighted by Crippen LogP contribution is 2.48. The first-order chi connectivity index (χ1) is 18.5. The average molecular weight is 555 g/mol. The van der Waals surface area contributed by atoms with Crippen molar-refractivity contribution < 1.29 is 40.7 Å². The molecule has 2 amide bonds. The monoisotopic (exact) mass is 555 g/mol. The second-order valence-corrected chi connectivity index (χ2v) is 9.76. The van der Waals surface area contributed by atoms with E-state index in [1.807, 2.05) is 0 Å². The maximum absolute atomic E-state index is 14.7. The number of halogens is 6. The highest BCUT2D eigenvalue weighted by atomic mass is 19.3. The first-order valence-corrected chi connectivity index (χ1v) is 12.2. The molecule has 1 saturated heterocycles. The van der Waals surface area contributed by atoms with Crippen LogP contribution in [-0.2, 0) is 15.0 Å². The third kappa shape index (κ3) is 5.23. The van der Waals surface area contributed by atoms with Crippen molar-refractivity contribution in [2.45, 2.75) is 62.3 Å². The van der Waals surface area contributed by atoms with E-state index >= 15 is 0 Å². The lowest BCUT2D eigenvalue weighted by Crippen LogP contribution is -2.54. The Labute approximate surface area is 217 Å². The topological polar surface area (TPSA) is 100 Å². The summed E-state index contributed by atoms with van der Waals surface area (Å²) >= 11 is 0. The minimum absolute atomic E-state index is 0.0457. The van der Waals surface area contributed by atoms with Crippen molar-refractivity contribution in [3.63, 3.8) is 0 Å². The molecule has 3 heterocycles. The van der Waals surface area contributed by atoms with Gasteiger partial charge >= 0.3 is 6.61 Å². The Hall–Kier alpha value is -3.84. The number of aromatic amines is 1. The number of amides is 2. The zero-order chi connectivity index (χ0) is 27.9. The molecule has 2 aromatic heterocycles. The molecule has 1 saturated carbocycles. The summed E-state index contributed by atoms with van der Waals surface area (Å²) in [6.45, 7) is -3.78. The molecule has 2 aliphatic rings. The summed E-state index contributed by atoms with van der Waals surface area (Å²) in [6.07, 6.45) is -2.75. The smallest absolute Gasteiger partial charge is 0.387 e. The van der Waals surface area contributed by atoms with Crippen LogP contribution in [0.15, 0.2) is 36.5 Å². The molecular weight excluding hydrogens is 532 g/mol. The van der Waals surface area contributed by atoms with Crippen molar-refractivity contribution in [1.82, 2.24) is 20.1 Å². The van der Waals surface area contributed by atoms with Gasteiger partial charge in [-0.05, 0) is 42.7 Å². The number of fused-ring (bicyclic) bond motifs is 1. The molecule has 0 bridgehead atoms.